The summed E-state index contributed by atoms with van der Waals surface area (Å²) in [6, 6.07) is 0. The zero-order chi connectivity index (χ0) is 18.0. The van der Waals surface area contributed by atoms with Gasteiger partial charge in [-0.2, -0.15) is 0 Å². The average molecular weight is 360 g/mol. The molecule has 0 radical (unpaired) electrons. The van der Waals surface area contributed by atoms with Crippen molar-refractivity contribution < 1.29 is 36.6 Å². The van der Waals surface area contributed by atoms with Gasteiger partial charge in [0, 0.05) is 0 Å². The summed E-state index contributed by atoms with van der Waals surface area (Å²) >= 11 is 0. The topological polar surface area (TPSA) is 195 Å². The van der Waals surface area contributed by atoms with E-state index in [0.717, 1.165) is 13.8 Å². The second-order valence-electron chi connectivity index (χ2n) is 5.85. The molecule has 6 N–H and O–H groups in total. The third kappa shape index (κ3) is 6.68. The van der Waals surface area contributed by atoms with Gasteiger partial charge in [-0.15, -0.1) is 0 Å². The lowest BCUT2D eigenvalue weighted by atomic mass is 9.79. The van der Waals surface area contributed by atoms with Crippen molar-refractivity contribution in [3.63, 3.8) is 0 Å². The predicted molar refractivity (Wildman–Crippen MR) is 76.7 cm³/mol. The molecule has 0 aromatic carbocycles. The first-order valence-electron chi connectivity index (χ1n) is 5.99. The van der Waals surface area contributed by atoms with Crippen LogP contribution in [-0.2, 0) is 29.6 Å². The van der Waals surface area contributed by atoms with Gasteiger partial charge in [-0.25, -0.2) is 27.1 Å². The molecular formula is C10H20N2O8S2. The summed E-state index contributed by atoms with van der Waals surface area (Å²) in [6.45, 7) is 2.19. The fourth-order valence-corrected chi connectivity index (χ4v) is 4.23. The highest BCUT2D eigenvalue weighted by Gasteiger charge is 2.43. The molecule has 0 aromatic heterocycles. The summed E-state index contributed by atoms with van der Waals surface area (Å²) in [6.07, 6.45) is -0.811. The molecule has 0 aliphatic heterocycles. The van der Waals surface area contributed by atoms with Gasteiger partial charge in [0.2, 0.25) is 20.0 Å². The number of nitrogens with two attached hydrogens (primary N) is 2. The van der Waals surface area contributed by atoms with Gasteiger partial charge in [-0.05, 0) is 26.7 Å². The van der Waals surface area contributed by atoms with Crippen molar-refractivity contribution in [2.45, 2.75) is 26.7 Å². The first kappa shape index (κ1) is 20.8. The van der Waals surface area contributed by atoms with E-state index in [1.165, 1.54) is 0 Å². The Labute approximate surface area is 128 Å². The van der Waals surface area contributed by atoms with Crippen LogP contribution in [0.3, 0.4) is 0 Å². The largest absolute Gasteiger partial charge is 0.481 e. The molecule has 0 aromatic rings. The molecule has 10 nitrogen and oxygen atoms in total. The van der Waals surface area contributed by atoms with Crippen molar-refractivity contribution in [2.24, 2.45) is 21.1 Å². The van der Waals surface area contributed by atoms with Crippen molar-refractivity contribution in [1.82, 2.24) is 0 Å². The van der Waals surface area contributed by atoms with Crippen LogP contribution in [0.15, 0.2) is 0 Å². The summed E-state index contributed by atoms with van der Waals surface area (Å²) in [7, 11) is -8.24. The van der Waals surface area contributed by atoms with Crippen LogP contribution in [0.5, 0.6) is 0 Å². The van der Waals surface area contributed by atoms with Crippen LogP contribution in [0.2, 0.25) is 0 Å². The molecule has 0 amide bonds. The minimum Gasteiger partial charge on any atom is -0.481 e. The second kappa shape index (κ2) is 6.48. The highest BCUT2D eigenvalue weighted by atomic mass is 32.2. The van der Waals surface area contributed by atoms with E-state index < -0.39 is 67.2 Å². The first-order valence-corrected chi connectivity index (χ1v) is 9.42. The van der Waals surface area contributed by atoms with E-state index in [-0.39, 0.29) is 0 Å². The first-order chi connectivity index (χ1) is 9.51. The molecule has 0 saturated carbocycles. The summed E-state index contributed by atoms with van der Waals surface area (Å²) in [5.74, 6) is -4.77. The molecule has 2 atom stereocenters. The van der Waals surface area contributed by atoms with E-state index in [1.54, 1.807) is 0 Å². The summed E-state index contributed by atoms with van der Waals surface area (Å²) < 4.78 is 44.5. The zero-order valence-electron chi connectivity index (χ0n) is 12.1. The Bertz CT molecular complexity index is 598. The Morgan fingerprint density at radius 3 is 1.18 bits per heavy atom. The highest BCUT2D eigenvalue weighted by molar-refractivity contribution is 7.89. The number of carboxylic acids is 2. The van der Waals surface area contributed by atoms with Gasteiger partial charge in [-0.1, -0.05) is 0 Å². The summed E-state index contributed by atoms with van der Waals surface area (Å²) in [4.78, 5) is 22.5. The molecule has 12 heteroatoms. The Morgan fingerprint density at radius 1 is 0.818 bits per heavy atom. The van der Waals surface area contributed by atoms with E-state index in [0.29, 0.717) is 0 Å². The van der Waals surface area contributed by atoms with Gasteiger partial charge in [0.15, 0.2) is 0 Å². The standard InChI is InChI=1S/C10H20N2O8S2/c1-9(7(13)14,5-21(11,17)18)3-4-10(2,8(15)16)6-22(12,19)20/h3-6H2,1-2H3,(H,13,14)(H,15,16)(H2,11,17,18)(H2,12,19,20). The lowest BCUT2D eigenvalue weighted by molar-refractivity contribution is -0.151. The second-order valence-corrected chi connectivity index (χ2v) is 9.07. The molecule has 0 rings (SSSR count). The van der Waals surface area contributed by atoms with Crippen LogP contribution in [-0.4, -0.2) is 50.5 Å². The van der Waals surface area contributed by atoms with Crippen LogP contribution < -0.4 is 10.3 Å². The van der Waals surface area contributed by atoms with Crippen LogP contribution >= 0.6 is 0 Å². The lowest BCUT2D eigenvalue weighted by Crippen LogP contribution is -2.42. The molecule has 22 heavy (non-hydrogen) atoms. The molecule has 0 saturated heterocycles. The fraction of sp³-hybridized carbons (Fsp3) is 0.800. The van der Waals surface area contributed by atoms with Crippen LogP contribution in [0, 0.1) is 10.8 Å². The maximum atomic E-state index is 11.3. The van der Waals surface area contributed by atoms with Gasteiger partial charge in [0.05, 0.1) is 22.3 Å². The third-order valence-corrected chi connectivity index (χ3v) is 5.38. The number of primary sulfonamides is 2. The van der Waals surface area contributed by atoms with E-state index in [4.69, 9.17) is 20.5 Å². The summed E-state index contributed by atoms with van der Waals surface area (Å²) in [5.41, 5.74) is -3.69. The highest BCUT2D eigenvalue weighted by Crippen LogP contribution is 2.33. The van der Waals surface area contributed by atoms with E-state index in [1.807, 2.05) is 0 Å². The number of sulfonamides is 2. The fourth-order valence-electron chi connectivity index (χ4n) is 1.92. The van der Waals surface area contributed by atoms with E-state index in [9.17, 15) is 26.4 Å². The Kier molecular flexibility index (Phi) is 6.11. The van der Waals surface area contributed by atoms with Crippen LogP contribution in [0.1, 0.15) is 26.7 Å². The average Bonchev–Trinajstić information content (AvgIpc) is 2.21. The van der Waals surface area contributed by atoms with Gasteiger partial charge in [0.1, 0.15) is 0 Å². The zero-order valence-corrected chi connectivity index (χ0v) is 13.8. The molecule has 2 unspecified atom stereocenters. The molecule has 0 fully saturated rings. The maximum Gasteiger partial charge on any atom is 0.310 e. The smallest absolute Gasteiger partial charge is 0.310 e. The monoisotopic (exact) mass is 360 g/mol. The Balaban J connectivity index is 5.41. The van der Waals surface area contributed by atoms with Crippen molar-refractivity contribution >= 4 is 32.0 Å². The number of aliphatic carboxylic acids is 2. The third-order valence-electron chi connectivity index (χ3n) is 3.30. The number of hydrogen-bond acceptors (Lipinski definition) is 6. The van der Waals surface area contributed by atoms with Crippen molar-refractivity contribution in [2.75, 3.05) is 11.5 Å². The van der Waals surface area contributed by atoms with Crippen LogP contribution in [0.4, 0.5) is 0 Å². The minimum atomic E-state index is -4.12. The Hall–Kier alpha value is -1.24. The van der Waals surface area contributed by atoms with E-state index in [2.05, 4.69) is 0 Å². The SMILES string of the molecule is CC(CCC(C)(CS(N)(=O)=O)C(=O)O)(CS(N)(=O)=O)C(=O)O. The molecule has 0 bridgehead atoms. The van der Waals surface area contributed by atoms with Gasteiger partial charge in [0.25, 0.3) is 0 Å². The Morgan fingerprint density at radius 2 is 1.05 bits per heavy atom. The number of rotatable bonds is 9. The molecule has 0 spiro atoms. The molecule has 0 aliphatic rings. The number of carboxylic acid groups (broad SMARTS) is 2. The van der Waals surface area contributed by atoms with E-state index >= 15 is 0 Å². The number of hydrogen-bond donors (Lipinski definition) is 4. The molecular weight excluding hydrogens is 340 g/mol. The normalized spacial score (nSPS) is 18.2. The summed E-state index contributed by atoms with van der Waals surface area (Å²) in [5, 5.41) is 28.0. The predicted octanol–water partition coefficient (Wildman–Crippen LogP) is -1.47. The molecule has 130 valence electrons. The van der Waals surface area contributed by atoms with Crippen molar-refractivity contribution in [1.29, 1.82) is 0 Å². The van der Waals surface area contributed by atoms with Gasteiger partial charge < -0.3 is 10.2 Å². The van der Waals surface area contributed by atoms with Crippen molar-refractivity contribution in [3.05, 3.63) is 0 Å². The minimum absolute atomic E-state index is 0.406. The lowest BCUT2D eigenvalue weighted by Gasteiger charge is -2.29. The quantitative estimate of drug-likeness (QED) is 0.382. The van der Waals surface area contributed by atoms with Crippen molar-refractivity contribution in [3.8, 4) is 0 Å². The van der Waals surface area contributed by atoms with Gasteiger partial charge >= 0.3 is 11.9 Å². The number of carbonyl (C=O) groups is 2. The maximum absolute atomic E-state index is 11.3. The van der Waals surface area contributed by atoms with Gasteiger partial charge in [-0.3, -0.25) is 9.59 Å². The molecule has 0 aliphatic carbocycles. The van der Waals surface area contributed by atoms with Crippen LogP contribution in [0.25, 0.3) is 0 Å². The molecule has 0 heterocycles.